The van der Waals surface area contributed by atoms with Gasteiger partial charge in [0.05, 0.1) is 32.0 Å². The standard InChI is InChI=1S/C12H12BrClN4O2/c1-19-11-8(12(20-2)18-6-17-11)5-15-9-3-7(13)4-16-10(9)14/h3-4,6,15H,5H2,1-2H3. The molecule has 0 atom stereocenters. The van der Waals surface area contributed by atoms with Crippen LogP contribution in [0.15, 0.2) is 23.1 Å². The average molecular weight is 360 g/mol. The second-order valence-electron chi connectivity index (χ2n) is 3.72. The molecule has 0 aliphatic heterocycles. The molecule has 2 heterocycles. The number of ether oxygens (including phenoxy) is 2. The normalized spacial score (nSPS) is 10.2. The summed E-state index contributed by atoms with van der Waals surface area (Å²) in [6.07, 6.45) is 3.01. The summed E-state index contributed by atoms with van der Waals surface area (Å²) in [6, 6.07) is 1.83. The summed E-state index contributed by atoms with van der Waals surface area (Å²) in [4.78, 5) is 12.1. The van der Waals surface area contributed by atoms with E-state index in [0.29, 0.717) is 34.7 Å². The third kappa shape index (κ3) is 3.29. The van der Waals surface area contributed by atoms with E-state index in [9.17, 15) is 0 Å². The summed E-state index contributed by atoms with van der Waals surface area (Å²) in [6.45, 7) is 0.394. The van der Waals surface area contributed by atoms with Crippen LogP contribution in [-0.4, -0.2) is 29.2 Å². The van der Waals surface area contributed by atoms with Crippen molar-refractivity contribution in [2.45, 2.75) is 6.54 Å². The molecular formula is C12H12BrClN4O2. The minimum Gasteiger partial charge on any atom is -0.481 e. The molecule has 0 fully saturated rings. The van der Waals surface area contributed by atoms with Crippen molar-refractivity contribution >= 4 is 33.2 Å². The van der Waals surface area contributed by atoms with Gasteiger partial charge in [-0.2, -0.15) is 0 Å². The van der Waals surface area contributed by atoms with Gasteiger partial charge in [0.25, 0.3) is 0 Å². The van der Waals surface area contributed by atoms with Crippen molar-refractivity contribution in [3.63, 3.8) is 0 Å². The third-order valence-electron chi connectivity index (χ3n) is 2.51. The fourth-order valence-corrected chi connectivity index (χ4v) is 2.12. The van der Waals surface area contributed by atoms with Gasteiger partial charge in [0.15, 0.2) is 5.15 Å². The van der Waals surface area contributed by atoms with E-state index < -0.39 is 0 Å². The quantitative estimate of drug-likeness (QED) is 0.828. The highest BCUT2D eigenvalue weighted by Crippen LogP contribution is 2.27. The molecule has 0 saturated heterocycles. The Morgan fingerprint density at radius 3 is 2.45 bits per heavy atom. The Kier molecular flexibility index (Phi) is 4.97. The molecule has 2 rings (SSSR count). The van der Waals surface area contributed by atoms with Crippen molar-refractivity contribution in [2.24, 2.45) is 0 Å². The number of halogens is 2. The second-order valence-corrected chi connectivity index (χ2v) is 4.99. The van der Waals surface area contributed by atoms with Crippen LogP contribution in [0.3, 0.4) is 0 Å². The molecular weight excluding hydrogens is 348 g/mol. The van der Waals surface area contributed by atoms with E-state index in [1.165, 1.54) is 6.33 Å². The number of hydrogen-bond acceptors (Lipinski definition) is 6. The number of pyridine rings is 1. The van der Waals surface area contributed by atoms with Gasteiger partial charge >= 0.3 is 0 Å². The van der Waals surface area contributed by atoms with Crippen LogP contribution >= 0.6 is 27.5 Å². The summed E-state index contributed by atoms with van der Waals surface area (Å²) >= 11 is 9.37. The van der Waals surface area contributed by atoms with Crippen LogP contribution in [0.2, 0.25) is 5.15 Å². The molecule has 0 aromatic carbocycles. The maximum atomic E-state index is 6.02. The van der Waals surface area contributed by atoms with Crippen molar-refractivity contribution in [2.75, 3.05) is 19.5 Å². The van der Waals surface area contributed by atoms with Gasteiger partial charge in [0, 0.05) is 10.7 Å². The lowest BCUT2D eigenvalue weighted by Gasteiger charge is -2.13. The topological polar surface area (TPSA) is 69.2 Å². The molecule has 0 aliphatic carbocycles. The van der Waals surface area contributed by atoms with E-state index in [4.69, 9.17) is 21.1 Å². The number of nitrogens with zero attached hydrogens (tertiary/aromatic N) is 3. The van der Waals surface area contributed by atoms with Crippen LogP contribution in [0.1, 0.15) is 5.56 Å². The van der Waals surface area contributed by atoms with Crippen molar-refractivity contribution in [3.8, 4) is 11.8 Å². The summed E-state index contributed by atoms with van der Waals surface area (Å²) in [5.41, 5.74) is 1.39. The number of aromatic nitrogens is 3. The predicted molar refractivity (Wildman–Crippen MR) is 79.4 cm³/mol. The van der Waals surface area contributed by atoms with Gasteiger partial charge in [0.2, 0.25) is 11.8 Å². The number of nitrogens with one attached hydrogen (secondary N) is 1. The second kappa shape index (κ2) is 6.71. The van der Waals surface area contributed by atoms with Gasteiger partial charge in [-0.3, -0.25) is 0 Å². The smallest absolute Gasteiger partial charge is 0.225 e. The summed E-state index contributed by atoms with van der Waals surface area (Å²) in [5, 5.41) is 3.53. The van der Waals surface area contributed by atoms with Crippen LogP contribution in [0, 0.1) is 0 Å². The maximum Gasteiger partial charge on any atom is 0.225 e. The van der Waals surface area contributed by atoms with E-state index in [1.54, 1.807) is 20.4 Å². The molecule has 0 amide bonds. The Balaban J connectivity index is 2.24. The van der Waals surface area contributed by atoms with Gasteiger partial charge in [-0.25, -0.2) is 15.0 Å². The maximum absolute atomic E-state index is 6.02. The third-order valence-corrected chi connectivity index (χ3v) is 3.25. The van der Waals surface area contributed by atoms with Gasteiger partial charge in [-0.15, -0.1) is 0 Å². The van der Waals surface area contributed by atoms with Crippen LogP contribution in [0.4, 0.5) is 5.69 Å². The Hall–Kier alpha value is -1.60. The molecule has 0 aliphatic rings. The van der Waals surface area contributed by atoms with E-state index in [-0.39, 0.29) is 0 Å². The first-order valence-corrected chi connectivity index (χ1v) is 6.79. The highest BCUT2D eigenvalue weighted by Gasteiger charge is 2.13. The first-order valence-electron chi connectivity index (χ1n) is 5.62. The SMILES string of the molecule is COc1ncnc(OC)c1CNc1cc(Br)cnc1Cl. The van der Waals surface area contributed by atoms with Crippen LogP contribution < -0.4 is 14.8 Å². The van der Waals surface area contributed by atoms with E-state index in [2.05, 4.69) is 36.2 Å². The predicted octanol–water partition coefficient (Wildman–Crippen LogP) is 2.92. The molecule has 2 aromatic heterocycles. The molecule has 0 radical (unpaired) electrons. The molecule has 0 bridgehead atoms. The molecule has 2 aromatic rings. The van der Waals surface area contributed by atoms with Crippen molar-refractivity contribution in [3.05, 3.63) is 33.8 Å². The fraction of sp³-hybridized carbons (Fsp3) is 0.250. The van der Waals surface area contributed by atoms with Gasteiger partial charge < -0.3 is 14.8 Å². The van der Waals surface area contributed by atoms with Crippen LogP contribution in [0.25, 0.3) is 0 Å². The fourth-order valence-electron chi connectivity index (χ4n) is 1.61. The Morgan fingerprint density at radius 2 is 1.85 bits per heavy atom. The van der Waals surface area contributed by atoms with Gasteiger partial charge in [0.1, 0.15) is 6.33 Å². The van der Waals surface area contributed by atoms with Gasteiger partial charge in [-0.05, 0) is 22.0 Å². The molecule has 6 nitrogen and oxygen atoms in total. The van der Waals surface area contributed by atoms with Crippen LogP contribution in [0.5, 0.6) is 11.8 Å². The van der Waals surface area contributed by atoms with Crippen molar-refractivity contribution in [1.82, 2.24) is 15.0 Å². The van der Waals surface area contributed by atoms with E-state index in [0.717, 1.165) is 4.47 Å². The van der Waals surface area contributed by atoms with Crippen molar-refractivity contribution in [1.29, 1.82) is 0 Å². The monoisotopic (exact) mass is 358 g/mol. The first-order chi connectivity index (χ1) is 9.65. The lowest BCUT2D eigenvalue weighted by molar-refractivity contribution is 0.363. The first kappa shape index (κ1) is 14.8. The average Bonchev–Trinajstić information content (AvgIpc) is 2.47. The lowest BCUT2D eigenvalue weighted by Crippen LogP contribution is -2.07. The minimum atomic E-state index is 0.378. The molecule has 0 unspecified atom stereocenters. The number of rotatable bonds is 5. The summed E-state index contributed by atoms with van der Waals surface area (Å²) in [5.74, 6) is 0.895. The summed E-state index contributed by atoms with van der Waals surface area (Å²) < 4.78 is 11.2. The largest absolute Gasteiger partial charge is 0.481 e. The molecule has 8 heteroatoms. The zero-order chi connectivity index (χ0) is 14.5. The highest BCUT2D eigenvalue weighted by atomic mass is 79.9. The Bertz CT molecular complexity index is 590. The molecule has 0 saturated carbocycles. The van der Waals surface area contributed by atoms with Crippen molar-refractivity contribution < 1.29 is 9.47 Å². The lowest BCUT2D eigenvalue weighted by atomic mass is 10.3. The minimum absolute atomic E-state index is 0.378. The molecule has 1 N–H and O–H groups in total. The number of hydrogen-bond donors (Lipinski definition) is 1. The molecule has 20 heavy (non-hydrogen) atoms. The Labute approximate surface area is 129 Å². The van der Waals surface area contributed by atoms with E-state index >= 15 is 0 Å². The number of anilines is 1. The highest BCUT2D eigenvalue weighted by molar-refractivity contribution is 9.10. The molecule has 106 valence electrons. The van der Waals surface area contributed by atoms with Gasteiger partial charge in [-0.1, -0.05) is 11.6 Å². The number of methoxy groups -OCH3 is 2. The van der Waals surface area contributed by atoms with Crippen LogP contribution in [-0.2, 0) is 6.54 Å². The Morgan fingerprint density at radius 1 is 1.20 bits per heavy atom. The zero-order valence-electron chi connectivity index (χ0n) is 10.9. The van der Waals surface area contributed by atoms with E-state index in [1.807, 2.05) is 6.07 Å². The molecule has 0 spiro atoms. The summed E-state index contributed by atoms with van der Waals surface area (Å²) in [7, 11) is 3.08. The zero-order valence-corrected chi connectivity index (χ0v) is 13.2.